The van der Waals surface area contributed by atoms with Gasteiger partial charge in [0.15, 0.2) is 0 Å². The second-order valence-corrected chi connectivity index (χ2v) is 0. The fourth-order valence-electron chi connectivity index (χ4n) is 0. The molecule has 0 aliphatic rings. The molecular formula is AgDyS2. The van der Waals surface area contributed by atoms with Gasteiger partial charge in [0.1, 0.15) is 0 Å². The molecule has 0 aliphatic carbocycles. The van der Waals surface area contributed by atoms with Crippen LogP contribution in [0.4, 0.5) is 0 Å². The zero-order valence-corrected chi connectivity index (χ0v) is 6.58. The maximum atomic E-state index is 0. The van der Waals surface area contributed by atoms with Crippen molar-refractivity contribution in [3.8, 4) is 0 Å². The molecule has 33 valence electrons. The van der Waals surface area contributed by atoms with Crippen molar-refractivity contribution in [2.45, 2.75) is 0 Å². The normalized spacial score (nSPS) is 0. The predicted octanol–water partition coefficient (Wildman–Crippen LogP) is -0.00730. The molecule has 0 bridgehead atoms. The Morgan fingerprint density at radius 1 is 0.750 bits per heavy atom. The Labute approximate surface area is 85.9 Å². The molecule has 0 atom stereocenters. The van der Waals surface area contributed by atoms with E-state index in [1.165, 1.54) is 0 Å². The van der Waals surface area contributed by atoms with Crippen LogP contribution in [0.5, 0.6) is 0 Å². The summed E-state index contributed by atoms with van der Waals surface area (Å²) in [6.07, 6.45) is 0. The molecule has 0 aliphatic heterocycles. The molecule has 1 radical (unpaired) electrons. The van der Waals surface area contributed by atoms with Crippen molar-refractivity contribution in [3.63, 3.8) is 0 Å². The minimum atomic E-state index is 0. The third kappa shape index (κ3) is 8.83. The molecule has 0 saturated heterocycles. The van der Waals surface area contributed by atoms with Crippen LogP contribution in [-0.2, 0) is 49.4 Å². The van der Waals surface area contributed by atoms with Crippen molar-refractivity contribution in [3.05, 3.63) is 0 Å². The smallest absolute Gasteiger partial charge is 2.00 e. The number of hydrogen-bond donors (Lipinski definition) is 0. The van der Waals surface area contributed by atoms with Crippen molar-refractivity contribution in [2.75, 3.05) is 0 Å². The molecule has 0 unspecified atom stereocenters. The second-order valence-electron chi connectivity index (χ2n) is 0. The Morgan fingerprint density at radius 2 is 0.750 bits per heavy atom. The summed E-state index contributed by atoms with van der Waals surface area (Å²) in [5.41, 5.74) is 0. The van der Waals surface area contributed by atoms with Gasteiger partial charge < -0.3 is 27.0 Å². The molecule has 0 nitrogen and oxygen atoms in total. The summed E-state index contributed by atoms with van der Waals surface area (Å²) < 4.78 is 0. The van der Waals surface area contributed by atoms with E-state index in [4.69, 9.17) is 0 Å². The van der Waals surface area contributed by atoms with E-state index in [0.29, 0.717) is 0 Å². The Bertz CT molecular complexity index is 6.00. The van der Waals surface area contributed by atoms with Crippen molar-refractivity contribution in [1.82, 2.24) is 0 Å². The number of rotatable bonds is 0. The van der Waals surface area contributed by atoms with Gasteiger partial charge in [-0.25, -0.2) is 0 Å². The van der Waals surface area contributed by atoms with Crippen LogP contribution >= 0.6 is 0 Å². The van der Waals surface area contributed by atoms with Gasteiger partial charge in [0, 0.05) is 0 Å². The minimum absolute atomic E-state index is 0. The van der Waals surface area contributed by atoms with E-state index in [1.54, 1.807) is 0 Å². The molecule has 4 heteroatoms. The van der Waals surface area contributed by atoms with Crippen molar-refractivity contribution in [1.29, 1.82) is 0 Å². The van der Waals surface area contributed by atoms with Crippen LogP contribution in [0.3, 0.4) is 0 Å². The average molecular weight is 335 g/mol. The Morgan fingerprint density at radius 3 is 0.750 bits per heavy atom. The van der Waals surface area contributed by atoms with E-state index >= 15 is 0 Å². The monoisotopic (exact) mass is 335 g/mol. The van der Waals surface area contributed by atoms with Crippen LogP contribution in [0.2, 0.25) is 0 Å². The maximum absolute atomic E-state index is 0. The molecule has 0 N–H and O–H groups in total. The first-order chi connectivity index (χ1) is 0. The molecular weight excluding hydrogens is 335 g/mol. The van der Waals surface area contributed by atoms with Crippen LogP contribution in [0.1, 0.15) is 0 Å². The summed E-state index contributed by atoms with van der Waals surface area (Å²) >= 11 is 0. The number of hydrogen-bond acceptors (Lipinski definition) is 0. The van der Waals surface area contributed by atoms with Gasteiger partial charge in [-0.15, -0.1) is 0 Å². The maximum Gasteiger partial charge on any atom is 3.00 e. The third-order valence-corrected chi connectivity index (χ3v) is 0. The predicted molar refractivity (Wildman–Crippen MR) is 14.7 cm³/mol. The van der Waals surface area contributed by atoms with E-state index in [2.05, 4.69) is 0 Å². The van der Waals surface area contributed by atoms with Gasteiger partial charge >= 0.3 is 60.6 Å². The summed E-state index contributed by atoms with van der Waals surface area (Å²) in [4.78, 5) is 0. The van der Waals surface area contributed by atoms with Crippen LogP contribution in [0, 0.1) is 38.2 Å². The molecule has 0 heterocycles. The van der Waals surface area contributed by atoms with Gasteiger partial charge in [-0.1, -0.05) is 0 Å². The molecule has 0 rings (SSSR count). The van der Waals surface area contributed by atoms with E-state index in [0.717, 1.165) is 0 Å². The van der Waals surface area contributed by atoms with Crippen LogP contribution < -0.4 is 0 Å². The molecule has 0 aromatic carbocycles. The molecule has 0 spiro atoms. The van der Waals surface area contributed by atoms with E-state index in [9.17, 15) is 0 Å². The topological polar surface area (TPSA) is 0 Å². The Hall–Kier alpha value is 2.71. The summed E-state index contributed by atoms with van der Waals surface area (Å²) in [5.74, 6) is 0. The third-order valence-electron chi connectivity index (χ3n) is 0. The summed E-state index contributed by atoms with van der Waals surface area (Å²) in [6, 6.07) is 0. The largest absolute Gasteiger partial charge is 3.00 e. The van der Waals surface area contributed by atoms with Gasteiger partial charge in [-0.05, 0) is 0 Å². The summed E-state index contributed by atoms with van der Waals surface area (Å²) in [6.45, 7) is 0. The van der Waals surface area contributed by atoms with Gasteiger partial charge in [0.25, 0.3) is 0 Å². The Kier molecular flexibility index (Phi) is 128. The second kappa shape index (κ2) is 17.2. The van der Waals surface area contributed by atoms with Gasteiger partial charge in [0.2, 0.25) is 0 Å². The first-order valence-corrected chi connectivity index (χ1v) is 0. The van der Waals surface area contributed by atoms with E-state index in [1.807, 2.05) is 0 Å². The molecule has 0 aromatic heterocycles. The first-order valence-electron chi connectivity index (χ1n) is 0. The van der Waals surface area contributed by atoms with Crippen molar-refractivity contribution >= 4 is 27.0 Å². The Balaban J connectivity index is 0. The zero-order chi connectivity index (χ0) is 0. The molecule has 4 heavy (non-hydrogen) atoms. The molecule has 0 aromatic rings. The van der Waals surface area contributed by atoms with E-state index in [-0.39, 0.29) is 87.5 Å². The molecule has 0 saturated carbocycles. The van der Waals surface area contributed by atoms with Crippen molar-refractivity contribution in [2.24, 2.45) is 0 Å². The fourth-order valence-corrected chi connectivity index (χ4v) is 0. The van der Waals surface area contributed by atoms with Crippen LogP contribution in [0.15, 0.2) is 0 Å². The zero-order valence-electron chi connectivity index (χ0n) is 1.43. The van der Waals surface area contributed by atoms with Crippen LogP contribution in [0.25, 0.3) is 0 Å². The summed E-state index contributed by atoms with van der Waals surface area (Å²) in [5, 5.41) is 0. The standard InChI is InChI=1S/Ag.Dy.2S/q+1;+3;2*-2. The quantitative estimate of drug-likeness (QED) is 0.547. The van der Waals surface area contributed by atoms with Gasteiger partial charge in [-0.2, -0.15) is 0 Å². The summed E-state index contributed by atoms with van der Waals surface area (Å²) in [7, 11) is 0. The first kappa shape index (κ1) is 29.8. The SMILES string of the molecule is [Ag+].[Dy+3].[S-2].[S-2]. The average Bonchev–Trinajstić information content (AvgIpc) is 0. The van der Waals surface area contributed by atoms with E-state index < -0.39 is 0 Å². The molecule has 0 fully saturated rings. The minimum Gasteiger partial charge on any atom is -2.00 e. The fraction of sp³-hybridized carbons (Fsp3) is 0. The van der Waals surface area contributed by atoms with Gasteiger partial charge in [0.05, 0.1) is 0 Å². The van der Waals surface area contributed by atoms with Crippen molar-refractivity contribution < 1.29 is 60.6 Å². The van der Waals surface area contributed by atoms with Gasteiger partial charge in [-0.3, -0.25) is 0 Å². The van der Waals surface area contributed by atoms with Crippen LogP contribution in [-0.4, -0.2) is 0 Å². The molecule has 0 amide bonds.